The Balaban J connectivity index is 2.04. The van der Waals surface area contributed by atoms with E-state index in [9.17, 15) is 9.59 Å². The van der Waals surface area contributed by atoms with Gasteiger partial charge in [0, 0.05) is 25.2 Å². The van der Waals surface area contributed by atoms with Gasteiger partial charge in [0.15, 0.2) is 0 Å². The third-order valence-electron chi connectivity index (χ3n) is 4.46. The van der Waals surface area contributed by atoms with E-state index in [2.05, 4.69) is 17.4 Å². The van der Waals surface area contributed by atoms with Gasteiger partial charge in [-0.1, -0.05) is 19.0 Å². The van der Waals surface area contributed by atoms with Crippen LogP contribution in [0.5, 0.6) is 0 Å². The van der Waals surface area contributed by atoms with Crippen LogP contribution in [0.2, 0.25) is 0 Å². The summed E-state index contributed by atoms with van der Waals surface area (Å²) >= 11 is 0. The van der Waals surface area contributed by atoms with E-state index < -0.39 is 0 Å². The average molecular weight is 336 g/mol. The number of amides is 3. The summed E-state index contributed by atoms with van der Waals surface area (Å²) in [6.07, 6.45) is 2.47. The maximum absolute atomic E-state index is 12.6. The van der Waals surface area contributed by atoms with E-state index in [4.69, 9.17) is 4.52 Å². The number of carbonyl (C=O) groups excluding carboxylic acids is 2. The van der Waals surface area contributed by atoms with Crippen molar-refractivity contribution in [1.82, 2.24) is 20.3 Å². The first-order valence-corrected chi connectivity index (χ1v) is 8.73. The molecular weight excluding hydrogens is 308 g/mol. The van der Waals surface area contributed by atoms with Crippen LogP contribution in [0.4, 0.5) is 4.79 Å². The lowest BCUT2D eigenvalue weighted by atomic mass is 10.0. The van der Waals surface area contributed by atoms with Gasteiger partial charge in [0.05, 0.1) is 11.7 Å². The molecule has 0 radical (unpaired) electrons. The largest absolute Gasteiger partial charge is 0.361 e. The smallest absolute Gasteiger partial charge is 0.318 e. The van der Waals surface area contributed by atoms with Crippen LogP contribution in [0.25, 0.3) is 0 Å². The Morgan fingerprint density at radius 2 is 2.08 bits per heavy atom. The Bertz CT molecular complexity index is 565. The third kappa shape index (κ3) is 4.07. The number of hydrogen-bond donors (Lipinski definition) is 1. The molecule has 1 fully saturated rings. The maximum atomic E-state index is 12.6. The lowest BCUT2D eigenvalue weighted by molar-refractivity contribution is -0.130. The number of urea groups is 1. The van der Waals surface area contributed by atoms with Crippen LogP contribution < -0.4 is 5.32 Å². The molecule has 3 amide bonds. The van der Waals surface area contributed by atoms with Crippen molar-refractivity contribution in [3.63, 3.8) is 0 Å². The lowest BCUT2D eigenvalue weighted by Gasteiger charge is -2.25. The van der Waals surface area contributed by atoms with E-state index in [1.807, 2.05) is 25.7 Å². The van der Waals surface area contributed by atoms with Crippen molar-refractivity contribution in [2.24, 2.45) is 0 Å². The molecule has 1 atom stereocenters. The molecule has 2 rings (SSSR count). The molecule has 1 saturated heterocycles. The summed E-state index contributed by atoms with van der Waals surface area (Å²) in [4.78, 5) is 28.4. The molecule has 0 spiro atoms. The minimum Gasteiger partial charge on any atom is -0.361 e. The minimum atomic E-state index is -0.200. The van der Waals surface area contributed by atoms with E-state index in [-0.39, 0.29) is 24.5 Å². The van der Waals surface area contributed by atoms with Gasteiger partial charge in [-0.25, -0.2) is 4.79 Å². The van der Waals surface area contributed by atoms with Crippen molar-refractivity contribution in [3.05, 3.63) is 17.0 Å². The Kier molecular flexibility index (Phi) is 6.23. The van der Waals surface area contributed by atoms with Crippen LogP contribution >= 0.6 is 0 Å². The fraction of sp³-hybridized carbons (Fsp3) is 0.706. The van der Waals surface area contributed by atoms with Crippen LogP contribution in [0.1, 0.15) is 56.2 Å². The fourth-order valence-electron chi connectivity index (χ4n) is 3.21. The number of carbonyl (C=O) groups is 2. The second-order valence-corrected chi connectivity index (χ2v) is 6.30. The highest BCUT2D eigenvalue weighted by molar-refractivity contribution is 5.84. The van der Waals surface area contributed by atoms with Crippen molar-refractivity contribution in [2.45, 2.75) is 53.0 Å². The van der Waals surface area contributed by atoms with E-state index >= 15 is 0 Å². The number of nitrogens with zero attached hydrogens (tertiary/aromatic N) is 3. The third-order valence-corrected chi connectivity index (χ3v) is 4.46. The Hall–Kier alpha value is -2.05. The van der Waals surface area contributed by atoms with Gasteiger partial charge in [0.1, 0.15) is 12.3 Å². The van der Waals surface area contributed by atoms with Crippen molar-refractivity contribution in [1.29, 1.82) is 0 Å². The molecule has 7 nitrogen and oxygen atoms in total. The topological polar surface area (TPSA) is 78.7 Å². The Morgan fingerprint density at radius 3 is 2.67 bits per heavy atom. The monoisotopic (exact) mass is 336 g/mol. The standard InChI is InChI=1S/C17H28N4O3/c1-5-8-20-9-7-10-21(11-15(20)22)17(23)18-14(6-2)16-12(3)19-24-13(16)4/h14H,5-11H2,1-4H3,(H,18,23)/t14-/m1/s1. The van der Waals surface area contributed by atoms with Crippen LogP contribution in [0.3, 0.4) is 0 Å². The fourth-order valence-corrected chi connectivity index (χ4v) is 3.21. The van der Waals surface area contributed by atoms with Gasteiger partial charge < -0.3 is 19.6 Å². The summed E-state index contributed by atoms with van der Waals surface area (Å²) in [7, 11) is 0. The van der Waals surface area contributed by atoms with Gasteiger partial charge >= 0.3 is 6.03 Å². The average Bonchev–Trinajstić information content (AvgIpc) is 2.77. The van der Waals surface area contributed by atoms with Crippen LogP contribution in [-0.4, -0.2) is 53.1 Å². The van der Waals surface area contributed by atoms with Gasteiger partial charge in [-0.15, -0.1) is 0 Å². The summed E-state index contributed by atoms with van der Waals surface area (Å²) < 4.78 is 5.21. The highest BCUT2D eigenvalue weighted by Crippen LogP contribution is 2.24. The second-order valence-electron chi connectivity index (χ2n) is 6.30. The molecule has 0 saturated carbocycles. The molecule has 0 aromatic carbocycles. The van der Waals surface area contributed by atoms with E-state index in [0.29, 0.717) is 6.54 Å². The summed E-state index contributed by atoms with van der Waals surface area (Å²) in [6, 6.07) is -0.359. The molecule has 7 heteroatoms. The Morgan fingerprint density at radius 1 is 1.33 bits per heavy atom. The predicted octanol–water partition coefficient (Wildman–Crippen LogP) is 2.40. The van der Waals surface area contributed by atoms with Crippen molar-refractivity contribution < 1.29 is 14.1 Å². The number of aryl methyl sites for hydroxylation is 2. The first kappa shape index (κ1) is 18.3. The highest BCUT2D eigenvalue weighted by atomic mass is 16.5. The predicted molar refractivity (Wildman–Crippen MR) is 90.6 cm³/mol. The summed E-state index contributed by atoms with van der Waals surface area (Å²) in [5.41, 5.74) is 1.72. The molecule has 0 bridgehead atoms. The molecule has 2 heterocycles. The van der Waals surface area contributed by atoms with Gasteiger partial charge in [-0.05, 0) is 33.1 Å². The zero-order valence-electron chi connectivity index (χ0n) is 15.1. The summed E-state index contributed by atoms with van der Waals surface area (Å²) in [5.74, 6) is 0.746. The van der Waals surface area contributed by atoms with Gasteiger partial charge in [0.25, 0.3) is 0 Å². The molecule has 1 aromatic heterocycles. The quantitative estimate of drug-likeness (QED) is 0.895. The van der Waals surface area contributed by atoms with Crippen molar-refractivity contribution >= 4 is 11.9 Å². The first-order chi connectivity index (χ1) is 11.5. The minimum absolute atomic E-state index is 0.0230. The molecular formula is C17H28N4O3. The zero-order valence-corrected chi connectivity index (χ0v) is 15.1. The van der Waals surface area contributed by atoms with Crippen LogP contribution in [0, 0.1) is 13.8 Å². The normalized spacial score (nSPS) is 16.9. The molecule has 0 unspecified atom stereocenters. The number of nitrogens with one attached hydrogen (secondary N) is 1. The van der Waals surface area contributed by atoms with E-state index in [0.717, 1.165) is 49.4 Å². The highest BCUT2D eigenvalue weighted by Gasteiger charge is 2.27. The lowest BCUT2D eigenvalue weighted by Crippen LogP contribution is -2.45. The number of aromatic nitrogens is 1. The maximum Gasteiger partial charge on any atom is 0.318 e. The van der Waals surface area contributed by atoms with E-state index in [1.165, 1.54) is 0 Å². The van der Waals surface area contributed by atoms with Gasteiger partial charge in [0.2, 0.25) is 5.91 Å². The molecule has 1 N–H and O–H groups in total. The molecule has 1 aliphatic rings. The van der Waals surface area contributed by atoms with Crippen LogP contribution in [-0.2, 0) is 4.79 Å². The second kappa shape index (κ2) is 8.17. The van der Waals surface area contributed by atoms with Crippen LogP contribution in [0.15, 0.2) is 4.52 Å². The zero-order chi connectivity index (χ0) is 17.7. The first-order valence-electron chi connectivity index (χ1n) is 8.73. The van der Waals surface area contributed by atoms with Gasteiger partial charge in [-0.3, -0.25) is 4.79 Å². The summed E-state index contributed by atoms with van der Waals surface area (Å²) in [6.45, 7) is 9.99. The van der Waals surface area contributed by atoms with Gasteiger partial charge in [-0.2, -0.15) is 0 Å². The summed E-state index contributed by atoms with van der Waals surface area (Å²) in [5, 5.41) is 6.99. The van der Waals surface area contributed by atoms with E-state index in [1.54, 1.807) is 4.90 Å². The van der Waals surface area contributed by atoms with Crippen molar-refractivity contribution in [2.75, 3.05) is 26.2 Å². The Labute approximate surface area is 143 Å². The number of rotatable bonds is 5. The SMILES string of the molecule is CCCN1CCCN(C(=O)N[C@H](CC)c2c(C)noc2C)CC1=O. The van der Waals surface area contributed by atoms with Crippen molar-refractivity contribution in [3.8, 4) is 0 Å². The molecule has 134 valence electrons. The molecule has 0 aliphatic carbocycles. The molecule has 1 aliphatic heterocycles. The molecule has 1 aromatic rings. The number of hydrogen-bond acceptors (Lipinski definition) is 4. The molecule has 24 heavy (non-hydrogen) atoms.